The van der Waals surface area contributed by atoms with Crippen LogP contribution in [-0.2, 0) is 0 Å². The minimum Gasteiger partial charge on any atom is -1.00 e. The number of nitrogens with zero attached hydrogens (tertiary/aromatic N) is 1. The Hall–Kier alpha value is -0.614. The molecule has 0 spiro atoms. The van der Waals surface area contributed by atoms with Crippen molar-refractivity contribution in [1.29, 1.82) is 0 Å². The van der Waals surface area contributed by atoms with Gasteiger partial charge in [-0.1, -0.05) is 0 Å². The van der Waals surface area contributed by atoms with Crippen LogP contribution < -0.4 is 0 Å². The number of hydrogen-bond acceptors (Lipinski definition) is 2. The number of aromatic nitrogens is 1. The maximum Gasteiger partial charge on any atom is 2.00 e. The molecular formula is C6H7MgNO2. The summed E-state index contributed by atoms with van der Waals surface area (Å²) in [7, 11) is 0. The first-order chi connectivity index (χ1) is 4.30. The summed E-state index contributed by atoms with van der Waals surface area (Å²) in [5.41, 5.74) is 0.269. The molecule has 0 aliphatic rings. The average Bonchev–Trinajstić information content (AvgIpc) is 1.90. The Labute approximate surface area is 77.2 Å². The van der Waals surface area contributed by atoms with Gasteiger partial charge in [0.1, 0.15) is 0 Å². The van der Waals surface area contributed by atoms with E-state index in [1.54, 1.807) is 0 Å². The molecule has 3 nitrogen and oxygen atoms in total. The van der Waals surface area contributed by atoms with Crippen molar-refractivity contribution < 1.29 is 12.8 Å². The number of aromatic carboxylic acids is 1. The van der Waals surface area contributed by atoms with E-state index in [4.69, 9.17) is 5.11 Å². The maximum atomic E-state index is 10.2. The Morgan fingerprint density at radius 1 is 1.50 bits per heavy atom. The third-order valence-corrected chi connectivity index (χ3v) is 0.927. The zero-order valence-corrected chi connectivity index (χ0v) is 6.73. The van der Waals surface area contributed by atoms with Crippen LogP contribution in [0.1, 0.15) is 13.2 Å². The van der Waals surface area contributed by atoms with E-state index in [0.717, 1.165) is 0 Å². The summed E-state index contributed by atoms with van der Waals surface area (Å²) < 4.78 is 0. The first-order valence-electron chi connectivity index (χ1n) is 2.44. The summed E-state index contributed by atoms with van der Waals surface area (Å²) in [6, 6.07) is 2.89. The molecule has 0 radical (unpaired) electrons. The minimum atomic E-state index is -0.919. The van der Waals surface area contributed by atoms with Crippen molar-refractivity contribution in [2.75, 3.05) is 0 Å². The monoisotopic (exact) mass is 149 g/mol. The molecule has 1 N–H and O–H groups in total. The zero-order chi connectivity index (χ0) is 6.69. The van der Waals surface area contributed by atoms with Crippen LogP contribution in [0.2, 0.25) is 0 Å². The van der Waals surface area contributed by atoms with Crippen LogP contribution >= 0.6 is 0 Å². The third kappa shape index (κ3) is 2.32. The fraction of sp³-hybridized carbons (Fsp3) is 0. The Kier molecular flexibility index (Phi) is 3.98. The van der Waals surface area contributed by atoms with Gasteiger partial charge in [0.05, 0.1) is 5.56 Å². The number of carboxylic acid groups (broad SMARTS) is 1. The van der Waals surface area contributed by atoms with Gasteiger partial charge in [-0.3, -0.25) is 4.98 Å². The first kappa shape index (κ1) is 9.39. The molecule has 0 bridgehead atoms. The van der Waals surface area contributed by atoms with E-state index in [0.29, 0.717) is 0 Å². The number of hydrogen-bond donors (Lipinski definition) is 1. The van der Waals surface area contributed by atoms with Gasteiger partial charge >= 0.3 is 29.0 Å². The summed E-state index contributed by atoms with van der Waals surface area (Å²) in [5, 5.41) is 8.36. The summed E-state index contributed by atoms with van der Waals surface area (Å²) in [6.07, 6.45) is 2.90. The van der Waals surface area contributed by atoms with Crippen molar-refractivity contribution in [2.24, 2.45) is 0 Å². The van der Waals surface area contributed by atoms with Crippen LogP contribution in [0.4, 0.5) is 0 Å². The van der Waals surface area contributed by atoms with Gasteiger partial charge in [-0.2, -0.15) is 0 Å². The van der Waals surface area contributed by atoms with Crippen LogP contribution in [0.3, 0.4) is 0 Å². The van der Waals surface area contributed by atoms with Gasteiger partial charge in [-0.15, -0.1) is 0 Å². The summed E-state index contributed by atoms with van der Waals surface area (Å²) in [6.45, 7) is 0. The topological polar surface area (TPSA) is 50.2 Å². The van der Waals surface area contributed by atoms with Crippen molar-refractivity contribution in [3.8, 4) is 0 Å². The van der Waals surface area contributed by atoms with E-state index in [1.807, 2.05) is 0 Å². The second kappa shape index (κ2) is 4.24. The van der Waals surface area contributed by atoms with Gasteiger partial charge in [0.2, 0.25) is 0 Å². The summed E-state index contributed by atoms with van der Waals surface area (Å²) >= 11 is 0. The second-order valence-corrected chi connectivity index (χ2v) is 1.54. The zero-order valence-electron chi connectivity index (χ0n) is 7.32. The molecule has 0 aliphatic carbocycles. The Morgan fingerprint density at radius 2 is 2.00 bits per heavy atom. The predicted octanol–water partition coefficient (Wildman–Crippen LogP) is 0.624. The number of pyridine rings is 1. The van der Waals surface area contributed by atoms with Crippen LogP contribution in [0.25, 0.3) is 0 Å². The van der Waals surface area contributed by atoms with Gasteiger partial charge in [0, 0.05) is 12.4 Å². The van der Waals surface area contributed by atoms with Gasteiger partial charge in [-0.05, 0) is 12.1 Å². The molecule has 0 unspecified atom stereocenters. The quantitative estimate of drug-likeness (QED) is 0.596. The summed E-state index contributed by atoms with van der Waals surface area (Å²) in [4.78, 5) is 13.8. The van der Waals surface area contributed by atoms with Crippen molar-refractivity contribution in [3.63, 3.8) is 0 Å². The molecule has 50 valence electrons. The average molecular weight is 149 g/mol. The number of carbonyl (C=O) groups is 1. The Balaban J connectivity index is -0.000000270. The minimum absolute atomic E-state index is 0. The van der Waals surface area contributed by atoms with Crippen LogP contribution in [0.15, 0.2) is 24.5 Å². The normalized spacial score (nSPS) is 8.00. The first-order valence-corrected chi connectivity index (χ1v) is 2.44. The smallest absolute Gasteiger partial charge is 1.00 e. The predicted molar refractivity (Wildman–Crippen MR) is 39.2 cm³/mol. The maximum absolute atomic E-state index is 10.2. The molecule has 0 aliphatic heterocycles. The van der Waals surface area contributed by atoms with E-state index in [-0.39, 0.29) is 31.5 Å². The standard InChI is InChI=1S/C6H5NO2.Mg.2H/c8-6(9)5-1-3-7-4-2-5;;;/h1-4H,(H,8,9);;;/q;+2;2*-1. The van der Waals surface area contributed by atoms with Crippen molar-refractivity contribution >= 4 is 29.0 Å². The molecule has 1 aromatic heterocycles. The van der Waals surface area contributed by atoms with Crippen LogP contribution in [0, 0.1) is 0 Å². The van der Waals surface area contributed by atoms with E-state index in [9.17, 15) is 4.79 Å². The molecule has 0 aromatic carbocycles. The molecule has 0 saturated carbocycles. The van der Waals surface area contributed by atoms with Crippen molar-refractivity contribution in [2.45, 2.75) is 0 Å². The molecule has 1 aromatic rings. The fourth-order valence-corrected chi connectivity index (χ4v) is 0.494. The Bertz CT molecular complexity index is 220. The largest absolute Gasteiger partial charge is 2.00 e. The molecule has 4 heteroatoms. The van der Waals surface area contributed by atoms with E-state index in [1.165, 1.54) is 24.5 Å². The molecule has 0 saturated heterocycles. The van der Waals surface area contributed by atoms with E-state index in [2.05, 4.69) is 4.98 Å². The molecule has 1 rings (SSSR count). The van der Waals surface area contributed by atoms with Gasteiger partial charge in [0.25, 0.3) is 0 Å². The summed E-state index contributed by atoms with van der Waals surface area (Å²) in [5.74, 6) is -0.919. The van der Waals surface area contributed by atoms with Crippen molar-refractivity contribution in [1.82, 2.24) is 4.98 Å². The second-order valence-electron chi connectivity index (χ2n) is 1.54. The van der Waals surface area contributed by atoms with Crippen LogP contribution in [-0.4, -0.2) is 39.1 Å². The number of carboxylic acids is 1. The molecule has 1 heterocycles. The van der Waals surface area contributed by atoms with Crippen LogP contribution in [0.5, 0.6) is 0 Å². The number of rotatable bonds is 1. The SMILES string of the molecule is O=C(O)c1ccncc1.[H-].[H-].[Mg+2]. The third-order valence-electron chi connectivity index (χ3n) is 0.927. The van der Waals surface area contributed by atoms with Gasteiger partial charge < -0.3 is 7.96 Å². The fourth-order valence-electron chi connectivity index (χ4n) is 0.494. The molecule has 10 heavy (non-hydrogen) atoms. The van der Waals surface area contributed by atoms with Gasteiger partial charge in [-0.25, -0.2) is 4.79 Å². The molecule has 0 fully saturated rings. The van der Waals surface area contributed by atoms with Crippen molar-refractivity contribution in [3.05, 3.63) is 30.1 Å². The molecular weight excluding hydrogens is 142 g/mol. The Morgan fingerprint density at radius 3 is 2.30 bits per heavy atom. The van der Waals surface area contributed by atoms with E-state index >= 15 is 0 Å². The van der Waals surface area contributed by atoms with Gasteiger partial charge in [0.15, 0.2) is 0 Å². The van der Waals surface area contributed by atoms with E-state index < -0.39 is 5.97 Å². The molecule has 0 amide bonds. The molecule has 0 atom stereocenters.